The predicted octanol–water partition coefficient (Wildman–Crippen LogP) is 5.27. The number of hydrogen-bond donors (Lipinski definition) is 3. The Labute approximate surface area is 216 Å². The lowest BCUT2D eigenvalue weighted by molar-refractivity contribution is -0.138. The summed E-state index contributed by atoms with van der Waals surface area (Å²) in [5, 5.41) is 14.2. The van der Waals surface area contributed by atoms with Crippen molar-refractivity contribution >= 4 is 23.5 Å². The Bertz CT molecular complexity index is 1320. The second kappa shape index (κ2) is 11.9. The van der Waals surface area contributed by atoms with Crippen molar-refractivity contribution in [2.75, 3.05) is 11.9 Å². The molecule has 4 rings (SSSR count). The third-order valence-electron chi connectivity index (χ3n) is 6.59. The molecule has 3 N–H and O–H groups in total. The normalized spacial score (nSPS) is 17.1. The molecule has 0 aliphatic heterocycles. The largest absolute Gasteiger partial charge is 0.481 e. The zero-order valence-electron chi connectivity index (χ0n) is 20.3. The average molecular weight is 530 g/mol. The lowest BCUT2D eigenvalue weighted by atomic mass is 9.77. The lowest BCUT2D eigenvalue weighted by Crippen LogP contribution is -2.27. The maximum atomic E-state index is 13.9. The van der Waals surface area contributed by atoms with Crippen molar-refractivity contribution in [1.82, 2.24) is 10.3 Å². The molecular weight excluding hydrogens is 503 g/mol. The fourth-order valence-electron chi connectivity index (χ4n) is 4.58. The summed E-state index contributed by atoms with van der Waals surface area (Å²) in [6.07, 6.45) is 4.79. The molecule has 11 heteroatoms. The molecule has 0 spiro atoms. The van der Waals surface area contributed by atoms with Crippen molar-refractivity contribution in [2.24, 2.45) is 5.92 Å². The van der Waals surface area contributed by atoms with E-state index in [0.717, 1.165) is 37.5 Å². The summed E-state index contributed by atoms with van der Waals surface area (Å²) in [6.45, 7) is -0.00986. The van der Waals surface area contributed by atoms with Crippen LogP contribution in [0.15, 0.2) is 47.1 Å². The van der Waals surface area contributed by atoms with Gasteiger partial charge in [-0.25, -0.2) is 18.2 Å². The molecule has 8 nitrogen and oxygen atoms in total. The van der Waals surface area contributed by atoms with E-state index in [9.17, 15) is 27.6 Å². The van der Waals surface area contributed by atoms with Gasteiger partial charge in [0.2, 0.25) is 11.8 Å². The Morgan fingerprint density at radius 1 is 0.974 bits per heavy atom. The summed E-state index contributed by atoms with van der Waals surface area (Å²) < 4.78 is 45.4. The molecule has 2 aromatic carbocycles. The summed E-state index contributed by atoms with van der Waals surface area (Å²) in [5.41, 5.74) is 1.12. The van der Waals surface area contributed by atoms with E-state index < -0.39 is 34.9 Å². The highest BCUT2D eigenvalue weighted by Gasteiger charge is 2.24. The third-order valence-corrected chi connectivity index (χ3v) is 6.59. The van der Waals surface area contributed by atoms with E-state index in [1.165, 1.54) is 0 Å². The SMILES string of the molecule is O=C(O)C[C@H]1CC[C@H](c2ccc(NC(=O)CCNC(=O)c3coc(-c4cc(F)c(F)cc4F)n3)cc2)CC1. The molecule has 1 aliphatic carbocycles. The van der Waals surface area contributed by atoms with Gasteiger partial charge in [-0.2, -0.15) is 0 Å². The minimum absolute atomic E-state index is 0.00986. The van der Waals surface area contributed by atoms with Crippen LogP contribution in [0.1, 0.15) is 60.5 Å². The molecule has 200 valence electrons. The quantitative estimate of drug-likeness (QED) is 0.325. The Kier molecular flexibility index (Phi) is 8.45. The fourth-order valence-corrected chi connectivity index (χ4v) is 4.58. The Morgan fingerprint density at radius 2 is 1.66 bits per heavy atom. The standard InChI is InChI=1S/C27H26F3N3O5/c28-20-13-22(30)21(29)12-19(20)27-33-23(14-38-27)26(37)31-10-9-24(34)32-18-7-5-17(6-8-18)16-3-1-15(2-4-16)11-25(35)36/h5-8,12-16H,1-4,9-11H2,(H,31,37)(H,32,34)(H,35,36)/t15-,16-. The van der Waals surface area contributed by atoms with Gasteiger partial charge in [0.25, 0.3) is 5.91 Å². The monoisotopic (exact) mass is 529 g/mol. The number of anilines is 1. The molecule has 2 amide bonds. The van der Waals surface area contributed by atoms with E-state index in [-0.39, 0.29) is 42.8 Å². The van der Waals surface area contributed by atoms with Gasteiger partial charge in [0, 0.05) is 31.1 Å². The van der Waals surface area contributed by atoms with E-state index in [1.807, 2.05) is 24.3 Å². The average Bonchev–Trinajstić information content (AvgIpc) is 3.37. The number of amides is 2. The van der Waals surface area contributed by atoms with Gasteiger partial charge in [0.15, 0.2) is 17.3 Å². The first-order chi connectivity index (χ1) is 18.2. The van der Waals surface area contributed by atoms with Crippen molar-refractivity contribution in [3.63, 3.8) is 0 Å². The highest BCUT2D eigenvalue weighted by molar-refractivity contribution is 5.94. The van der Waals surface area contributed by atoms with Crippen LogP contribution in [0.25, 0.3) is 11.5 Å². The fraction of sp³-hybridized carbons (Fsp3) is 0.333. The van der Waals surface area contributed by atoms with E-state index in [0.29, 0.717) is 23.7 Å². The minimum atomic E-state index is -1.36. The molecule has 0 atom stereocenters. The summed E-state index contributed by atoms with van der Waals surface area (Å²) in [7, 11) is 0. The molecule has 1 heterocycles. The Balaban J connectivity index is 1.22. The van der Waals surface area contributed by atoms with Crippen molar-refractivity contribution in [3.8, 4) is 11.5 Å². The predicted molar refractivity (Wildman–Crippen MR) is 131 cm³/mol. The number of oxazole rings is 1. The number of carboxylic acids is 1. The van der Waals surface area contributed by atoms with E-state index in [2.05, 4.69) is 15.6 Å². The number of aromatic nitrogens is 1. The summed E-state index contributed by atoms with van der Waals surface area (Å²) >= 11 is 0. The molecule has 1 aliphatic rings. The number of halogens is 3. The zero-order valence-corrected chi connectivity index (χ0v) is 20.3. The Morgan fingerprint density at radius 3 is 2.34 bits per heavy atom. The first-order valence-electron chi connectivity index (χ1n) is 12.2. The van der Waals surface area contributed by atoms with Gasteiger partial charge in [0.05, 0.1) is 5.56 Å². The van der Waals surface area contributed by atoms with Gasteiger partial charge in [-0.05, 0) is 61.3 Å². The number of carbonyl (C=O) groups is 3. The maximum absolute atomic E-state index is 13.9. The number of aliphatic carboxylic acids is 1. The summed E-state index contributed by atoms with van der Waals surface area (Å²) in [5.74, 6) is -5.28. The van der Waals surface area contributed by atoms with E-state index in [4.69, 9.17) is 9.52 Å². The highest BCUT2D eigenvalue weighted by atomic mass is 19.2. The first-order valence-corrected chi connectivity index (χ1v) is 12.2. The van der Waals surface area contributed by atoms with Crippen LogP contribution in [-0.2, 0) is 9.59 Å². The van der Waals surface area contributed by atoms with Crippen LogP contribution in [0.5, 0.6) is 0 Å². The van der Waals surface area contributed by atoms with Gasteiger partial charge >= 0.3 is 5.97 Å². The zero-order chi connectivity index (χ0) is 27.2. The number of rotatable bonds is 9. The molecular formula is C27H26F3N3O5. The molecule has 0 saturated heterocycles. The van der Waals surface area contributed by atoms with Gasteiger partial charge in [-0.3, -0.25) is 14.4 Å². The van der Waals surface area contributed by atoms with Gasteiger partial charge in [0.1, 0.15) is 12.1 Å². The molecule has 0 radical (unpaired) electrons. The number of benzene rings is 2. The van der Waals surface area contributed by atoms with Crippen molar-refractivity contribution in [1.29, 1.82) is 0 Å². The number of carbonyl (C=O) groups excluding carboxylic acids is 2. The van der Waals surface area contributed by atoms with E-state index in [1.54, 1.807) is 0 Å². The third kappa shape index (κ3) is 6.78. The maximum Gasteiger partial charge on any atom is 0.303 e. The van der Waals surface area contributed by atoms with Crippen LogP contribution in [0.2, 0.25) is 0 Å². The molecule has 1 saturated carbocycles. The van der Waals surface area contributed by atoms with Gasteiger partial charge in [-0.15, -0.1) is 0 Å². The lowest BCUT2D eigenvalue weighted by Gasteiger charge is -2.28. The summed E-state index contributed by atoms with van der Waals surface area (Å²) in [6, 6.07) is 8.47. The molecule has 1 aromatic heterocycles. The highest BCUT2D eigenvalue weighted by Crippen LogP contribution is 2.37. The second-order valence-corrected chi connectivity index (χ2v) is 9.28. The van der Waals surface area contributed by atoms with E-state index >= 15 is 0 Å². The Hall–Kier alpha value is -4.15. The van der Waals surface area contributed by atoms with Gasteiger partial charge < -0.3 is 20.2 Å². The summed E-state index contributed by atoms with van der Waals surface area (Å²) in [4.78, 5) is 39.2. The molecule has 0 bridgehead atoms. The number of carboxylic acid groups (broad SMARTS) is 1. The van der Waals surface area contributed by atoms with Crippen LogP contribution in [0.3, 0.4) is 0 Å². The van der Waals surface area contributed by atoms with Gasteiger partial charge in [-0.1, -0.05) is 12.1 Å². The minimum Gasteiger partial charge on any atom is -0.481 e. The van der Waals surface area contributed by atoms with Crippen LogP contribution >= 0.6 is 0 Å². The van der Waals surface area contributed by atoms with Crippen LogP contribution in [0, 0.1) is 23.4 Å². The smallest absolute Gasteiger partial charge is 0.303 e. The number of hydrogen-bond acceptors (Lipinski definition) is 5. The number of nitrogens with one attached hydrogen (secondary N) is 2. The molecule has 3 aromatic rings. The first kappa shape index (κ1) is 26.9. The van der Waals surface area contributed by atoms with Crippen molar-refractivity contribution in [2.45, 2.75) is 44.4 Å². The molecule has 1 fully saturated rings. The van der Waals surface area contributed by atoms with Crippen molar-refractivity contribution < 1.29 is 37.1 Å². The molecule has 38 heavy (non-hydrogen) atoms. The second-order valence-electron chi connectivity index (χ2n) is 9.28. The number of nitrogens with zero attached hydrogens (tertiary/aromatic N) is 1. The molecule has 0 unspecified atom stereocenters. The van der Waals surface area contributed by atoms with Crippen LogP contribution < -0.4 is 10.6 Å². The van der Waals surface area contributed by atoms with Crippen molar-refractivity contribution in [3.05, 3.63) is 71.4 Å². The van der Waals surface area contributed by atoms with Crippen LogP contribution in [0.4, 0.5) is 18.9 Å². The van der Waals surface area contributed by atoms with Crippen LogP contribution in [-0.4, -0.2) is 34.4 Å². The topological polar surface area (TPSA) is 122 Å².